The Kier molecular flexibility index (Phi) is 3.38. The molecule has 0 aliphatic carbocycles. The van der Waals surface area contributed by atoms with Gasteiger partial charge in [-0.05, 0) is 0 Å². The van der Waals surface area contributed by atoms with E-state index in [1.807, 2.05) is 0 Å². The molecular weight excluding hydrogens is 230 g/mol. The first-order valence-corrected chi connectivity index (χ1v) is 5.08. The van der Waals surface area contributed by atoms with Crippen molar-refractivity contribution in [3.63, 3.8) is 0 Å². The Morgan fingerprint density at radius 1 is 1.65 bits per heavy atom. The molecule has 1 aliphatic heterocycles. The Hall–Kier alpha value is -1.48. The summed E-state index contributed by atoms with van der Waals surface area (Å²) in [6.45, 7) is 0.0375. The Bertz CT molecular complexity index is 496. The van der Waals surface area contributed by atoms with Gasteiger partial charge in [0.1, 0.15) is 12.3 Å². The maximum atomic E-state index is 11.5. The summed E-state index contributed by atoms with van der Waals surface area (Å²) in [6, 6.07) is 1.21. The molecule has 2 rings (SSSR count). The maximum absolute atomic E-state index is 11.5. The first-order chi connectivity index (χ1) is 8.11. The van der Waals surface area contributed by atoms with E-state index in [2.05, 4.69) is 9.82 Å². The van der Waals surface area contributed by atoms with Gasteiger partial charge in [-0.25, -0.2) is 10.7 Å². The second kappa shape index (κ2) is 4.80. The minimum absolute atomic E-state index is 0.0375. The predicted molar refractivity (Wildman–Crippen MR) is 56.0 cm³/mol. The van der Waals surface area contributed by atoms with E-state index in [-0.39, 0.29) is 13.0 Å². The van der Waals surface area contributed by atoms with E-state index in [4.69, 9.17) is 10.6 Å². The number of nitrogens with one attached hydrogen (secondary N) is 1. The van der Waals surface area contributed by atoms with Crippen LogP contribution in [0, 0.1) is 0 Å². The van der Waals surface area contributed by atoms with Gasteiger partial charge in [0.05, 0.1) is 12.7 Å². The Labute approximate surface area is 95.5 Å². The Morgan fingerprint density at radius 3 is 3.06 bits per heavy atom. The second-order valence-electron chi connectivity index (χ2n) is 3.78. The fraction of sp³-hybridized carbons (Fsp3) is 0.556. The van der Waals surface area contributed by atoms with Gasteiger partial charge < -0.3 is 14.7 Å². The van der Waals surface area contributed by atoms with Gasteiger partial charge in [-0.2, -0.15) is 0 Å². The van der Waals surface area contributed by atoms with Crippen LogP contribution in [0.15, 0.2) is 21.9 Å². The van der Waals surface area contributed by atoms with E-state index in [0.717, 1.165) is 0 Å². The first kappa shape index (κ1) is 12.0. The number of ether oxygens (including phenoxy) is 1. The van der Waals surface area contributed by atoms with Gasteiger partial charge in [0.25, 0.3) is 5.56 Å². The minimum Gasteiger partial charge on any atom is -0.390 e. The molecule has 8 nitrogen and oxygen atoms in total. The van der Waals surface area contributed by atoms with E-state index in [1.54, 1.807) is 0 Å². The largest absolute Gasteiger partial charge is 0.390 e. The SMILES string of the molecule is NOC[C@@H]1O[C@H](n2ccc(=O)[nH]c2=O)CC1O. The van der Waals surface area contributed by atoms with Crippen molar-refractivity contribution in [2.45, 2.75) is 24.9 Å². The van der Waals surface area contributed by atoms with Crippen molar-refractivity contribution >= 4 is 0 Å². The molecule has 2 heterocycles. The van der Waals surface area contributed by atoms with Crippen LogP contribution in [0.3, 0.4) is 0 Å². The lowest BCUT2D eigenvalue weighted by Gasteiger charge is -2.14. The lowest BCUT2D eigenvalue weighted by Crippen LogP contribution is -2.32. The molecule has 1 aromatic heterocycles. The van der Waals surface area contributed by atoms with Crippen LogP contribution in [0.1, 0.15) is 12.6 Å². The number of aliphatic hydroxyl groups excluding tert-OH is 1. The fourth-order valence-corrected chi connectivity index (χ4v) is 1.78. The molecule has 0 spiro atoms. The molecule has 1 fully saturated rings. The van der Waals surface area contributed by atoms with Crippen LogP contribution in [0.2, 0.25) is 0 Å². The van der Waals surface area contributed by atoms with E-state index >= 15 is 0 Å². The third-order valence-corrected chi connectivity index (χ3v) is 2.63. The Balaban J connectivity index is 2.19. The number of H-pyrrole nitrogens is 1. The van der Waals surface area contributed by atoms with E-state index < -0.39 is 29.7 Å². The zero-order valence-electron chi connectivity index (χ0n) is 8.91. The predicted octanol–water partition coefficient (Wildman–Crippen LogP) is -1.92. The van der Waals surface area contributed by atoms with Crippen molar-refractivity contribution in [1.29, 1.82) is 0 Å². The molecule has 1 aromatic rings. The van der Waals surface area contributed by atoms with Gasteiger partial charge in [-0.15, -0.1) is 0 Å². The highest BCUT2D eigenvalue weighted by Crippen LogP contribution is 2.27. The molecule has 8 heteroatoms. The summed E-state index contributed by atoms with van der Waals surface area (Å²) in [7, 11) is 0. The van der Waals surface area contributed by atoms with E-state index in [1.165, 1.54) is 16.8 Å². The van der Waals surface area contributed by atoms with Crippen molar-refractivity contribution < 1.29 is 14.7 Å². The van der Waals surface area contributed by atoms with Gasteiger partial charge >= 0.3 is 5.69 Å². The molecule has 0 saturated carbocycles. The van der Waals surface area contributed by atoms with Crippen LogP contribution >= 0.6 is 0 Å². The summed E-state index contributed by atoms with van der Waals surface area (Å²) >= 11 is 0. The van der Waals surface area contributed by atoms with Gasteiger partial charge in [-0.1, -0.05) is 0 Å². The van der Waals surface area contributed by atoms with Crippen LogP contribution in [-0.4, -0.2) is 33.5 Å². The number of aliphatic hydroxyl groups is 1. The maximum Gasteiger partial charge on any atom is 0.330 e. The van der Waals surface area contributed by atoms with E-state index in [0.29, 0.717) is 0 Å². The number of nitrogens with two attached hydrogens (primary N) is 1. The van der Waals surface area contributed by atoms with Crippen LogP contribution in [-0.2, 0) is 9.57 Å². The van der Waals surface area contributed by atoms with Gasteiger partial charge in [0, 0.05) is 18.7 Å². The first-order valence-electron chi connectivity index (χ1n) is 5.08. The number of nitrogens with zero attached hydrogens (tertiary/aromatic N) is 1. The zero-order valence-corrected chi connectivity index (χ0v) is 8.91. The number of aromatic amines is 1. The quantitative estimate of drug-likeness (QED) is 0.532. The topological polar surface area (TPSA) is 120 Å². The average molecular weight is 243 g/mol. The van der Waals surface area contributed by atoms with Crippen molar-refractivity contribution in [1.82, 2.24) is 9.55 Å². The highest BCUT2D eigenvalue weighted by atomic mass is 16.6. The highest BCUT2D eigenvalue weighted by Gasteiger charge is 2.35. The van der Waals surface area contributed by atoms with Crippen molar-refractivity contribution in [2.75, 3.05) is 6.61 Å². The van der Waals surface area contributed by atoms with Gasteiger partial charge in [-0.3, -0.25) is 14.3 Å². The molecule has 4 N–H and O–H groups in total. The van der Waals surface area contributed by atoms with Crippen LogP contribution < -0.4 is 17.1 Å². The Morgan fingerprint density at radius 2 is 2.41 bits per heavy atom. The molecule has 0 radical (unpaired) electrons. The smallest absolute Gasteiger partial charge is 0.330 e. The number of hydrogen-bond donors (Lipinski definition) is 3. The number of rotatable bonds is 3. The van der Waals surface area contributed by atoms with Gasteiger partial charge in [0.2, 0.25) is 0 Å². The second-order valence-corrected chi connectivity index (χ2v) is 3.78. The fourth-order valence-electron chi connectivity index (χ4n) is 1.78. The number of hydrogen-bond acceptors (Lipinski definition) is 6. The third-order valence-electron chi connectivity index (χ3n) is 2.63. The molecule has 94 valence electrons. The molecular formula is C9H13N3O5. The van der Waals surface area contributed by atoms with Crippen molar-refractivity contribution in [3.05, 3.63) is 33.1 Å². The lowest BCUT2D eigenvalue weighted by molar-refractivity contribution is -0.0641. The summed E-state index contributed by atoms with van der Waals surface area (Å²) in [4.78, 5) is 28.9. The standard InChI is InChI=1S/C9H13N3O5/c10-16-4-6-5(13)3-8(17-6)12-2-1-7(14)11-9(12)15/h1-2,5-6,8,13H,3-4,10H2,(H,11,14,15)/t5?,6-,8-/m0/s1. The zero-order chi connectivity index (χ0) is 12.4. The molecule has 1 unspecified atom stereocenters. The number of aromatic nitrogens is 2. The molecule has 17 heavy (non-hydrogen) atoms. The third kappa shape index (κ3) is 2.44. The van der Waals surface area contributed by atoms with Crippen LogP contribution in [0.4, 0.5) is 0 Å². The molecule has 0 aromatic carbocycles. The van der Waals surface area contributed by atoms with Crippen LogP contribution in [0.5, 0.6) is 0 Å². The monoisotopic (exact) mass is 243 g/mol. The molecule has 1 aliphatic rings. The highest BCUT2D eigenvalue weighted by molar-refractivity contribution is 4.88. The van der Waals surface area contributed by atoms with E-state index in [9.17, 15) is 14.7 Å². The molecule has 0 amide bonds. The molecule has 0 bridgehead atoms. The summed E-state index contributed by atoms with van der Waals surface area (Å²) < 4.78 is 6.62. The summed E-state index contributed by atoms with van der Waals surface area (Å²) in [5, 5.41) is 9.65. The molecule has 1 saturated heterocycles. The lowest BCUT2D eigenvalue weighted by atomic mass is 10.2. The average Bonchev–Trinajstić information content (AvgIpc) is 2.60. The normalized spacial score (nSPS) is 28.5. The van der Waals surface area contributed by atoms with Crippen molar-refractivity contribution in [2.24, 2.45) is 5.90 Å². The van der Waals surface area contributed by atoms with Crippen molar-refractivity contribution in [3.8, 4) is 0 Å². The molecule has 3 atom stereocenters. The van der Waals surface area contributed by atoms with Gasteiger partial charge in [0.15, 0.2) is 0 Å². The minimum atomic E-state index is -0.762. The summed E-state index contributed by atoms with van der Waals surface area (Å²) in [5.74, 6) is 4.90. The summed E-state index contributed by atoms with van der Waals surface area (Å²) in [6.07, 6.45) is -0.412. The van der Waals surface area contributed by atoms with Crippen LogP contribution in [0.25, 0.3) is 0 Å². The summed E-state index contributed by atoms with van der Waals surface area (Å²) in [5.41, 5.74) is -1.06.